The van der Waals surface area contributed by atoms with Crippen LogP contribution in [0.4, 0.5) is 0 Å². The summed E-state index contributed by atoms with van der Waals surface area (Å²) < 4.78 is 0. The molecule has 2 aromatic rings. The first-order chi connectivity index (χ1) is 7.22. The summed E-state index contributed by atoms with van der Waals surface area (Å²) in [6.07, 6.45) is 2.68. The topological polar surface area (TPSA) is 53.4 Å². The van der Waals surface area contributed by atoms with Gasteiger partial charge in [0.25, 0.3) is 0 Å². The van der Waals surface area contributed by atoms with Crippen LogP contribution in [0.25, 0.3) is 10.9 Å². The first kappa shape index (κ1) is 10.1. The predicted octanol–water partition coefficient (Wildman–Crippen LogP) is 0.477. The Balaban J connectivity index is 2.67. The van der Waals surface area contributed by atoms with Gasteiger partial charge in [0.1, 0.15) is 0 Å². The minimum absolute atomic E-state index is 0.505. The van der Waals surface area contributed by atoms with Gasteiger partial charge in [-0.05, 0) is 29.6 Å². The highest BCUT2D eigenvalue weighted by Crippen LogP contribution is 2.15. The molecule has 0 unspecified atom stereocenters. The fourth-order valence-electron chi connectivity index (χ4n) is 1.69. The molecule has 15 heavy (non-hydrogen) atoms. The Morgan fingerprint density at radius 2 is 2.07 bits per heavy atom. The number of nitrogens with zero attached hydrogens (tertiary/aromatic N) is 1. The third kappa shape index (κ3) is 1.86. The number of aromatic nitrogens is 1. The van der Waals surface area contributed by atoms with Crippen molar-refractivity contribution in [1.29, 1.82) is 0 Å². The molecule has 0 bridgehead atoms. The molecule has 0 aliphatic carbocycles. The maximum Gasteiger partial charge on any atom is 0.488 e. The summed E-state index contributed by atoms with van der Waals surface area (Å²) in [7, 11) is -1.42. The van der Waals surface area contributed by atoms with Gasteiger partial charge in [-0.25, -0.2) is 0 Å². The van der Waals surface area contributed by atoms with Crippen LogP contribution in [0.5, 0.6) is 0 Å². The van der Waals surface area contributed by atoms with Gasteiger partial charge >= 0.3 is 7.12 Å². The van der Waals surface area contributed by atoms with Crippen molar-refractivity contribution in [3.8, 4) is 0 Å². The van der Waals surface area contributed by atoms with Crippen LogP contribution >= 0.6 is 0 Å². The predicted molar refractivity (Wildman–Crippen MR) is 60.9 cm³/mol. The lowest BCUT2D eigenvalue weighted by Gasteiger charge is -2.05. The molecular formula is C11H12BNO2. The van der Waals surface area contributed by atoms with Crippen LogP contribution in [0.2, 0.25) is 0 Å². The number of pyridine rings is 1. The van der Waals surface area contributed by atoms with Crippen molar-refractivity contribution in [3.05, 3.63) is 36.0 Å². The Bertz CT molecular complexity index is 485. The molecule has 2 rings (SSSR count). The smallest absolute Gasteiger partial charge is 0.423 e. The SMILES string of the molecule is CCc1ccnc2ccc(B(O)O)cc12. The van der Waals surface area contributed by atoms with Gasteiger partial charge in [-0.2, -0.15) is 0 Å². The van der Waals surface area contributed by atoms with Gasteiger partial charge in [-0.1, -0.05) is 19.1 Å². The van der Waals surface area contributed by atoms with E-state index in [1.54, 1.807) is 18.3 Å². The summed E-state index contributed by atoms with van der Waals surface area (Å²) in [5, 5.41) is 19.2. The zero-order valence-electron chi connectivity index (χ0n) is 8.51. The van der Waals surface area contributed by atoms with Gasteiger partial charge in [0.15, 0.2) is 0 Å². The number of hydrogen-bond donors (Lipinski definition) is 2. The molecule has 76 valence electrons. The highest BCUT2D eigenvalue weighted by Gasteiger charge is 2.11. The van der Waals surface area contributed by atoms with E-state index in [9.17, 15) is 0 Å². The van der Waals surface area contributed by atoms with Crippen LogP contribution < -0.4 is 5.46 Å². The van der Waals surface area contributed by atoms with Crippen LogP contribution in [0.1, 0.15) is 12.5 Å². The second-order valence-electron chi connectivity index (χ2n) is 3.47. The summed E-state index contributed by atoms with van der Waals surface area (Å²) in [6.45, 7) is 2.07. The van der Waals surface area contributed by atoms with Crippen LogP contribution in [-0.2, 0) is 6.42 Å². The van der Waals surface area contributed by atoms with Crippen molar-refractivity contribution < 1.29 is 10.0 Å². The first-order valence-corrected chi connectivity index (χ1v) is 4.96. The Labute approximate surface area is 88.5 Å². The molecule has 0 spiro atoms. The van der Waals surface area contributed by atoms with Crippen LogP contribution in [0, 0.1) is 0 Å². The number of benzene rings is 1. The van der Waals surface area contributed by atoms with Crippen molar-refractivity contribution in [1.82, 2.24) is 4.98 Å². The molecular weight excluding hydrogens is 189 g/mol. The minimum Gasteiger partial charge on any atom is -0.423 e. The van der Waals surface area contributed by atoms with Crippen molar-refractivity contribution in [2.24, 2.45) is 0 Å². The normalized spacial score (nSPS) is 10.6. The molecule has 0 saturated heterocycles. The van der Waals surface area contributed by atoms with Crippen molar-refractivity contribution >= 4 is 23.5 Å². The Morgan fingerprint density at radius 3 is 2.73 bits per heavy atom. The van der Waals surface area contributed by atoms with E-state index in [2.05, 4.69) is 11.9 Å². The van der Waals surface area contributed by atoms with Crippen molar-refractivity contribution in [2.75, 3.05) is 0 Å². The number of fused-ring (bicyclic) bond motifs is 1. The zero-order chi connectivity index (χ0) is 10.8. The average molecular weight is 201 g/mol. The summed E-state index contributed by atoms with van der Waals surface area (Å²) in [6, 6.07) is 7.23. The molecule has 2 N–H and O–H groups in total. The van der Waals surface area contributed by atoms with Crippen LogP contribution in [0.3, 0.4) is 0 Å². The first-order valence-electron chi connectivity index (χ1n) is 4.96. The van der Waals surface area contributed by atoms with E-state index in [4.69, 9.17) is 10.0 Å². The highest BCUT2D eigenvalue weighted by molar-refractivity contribution is 6.58. The van der Waals surface area contributed by atoms with Gasteiger partial charge in [-0.3, -0.25) is 4.98 Å². The lowest BCUT2D eigenvalue weighted by atomic mass is 9.79. The third-order valence-corrected chi connectivity index (χ3v) is 2.53. The Morgan fingerprint density at radius 1 is 1.27 bits per heavy atom. The number of rotatable bonds is 2. The molecule has 1 aromatic carbocycles. The van der Waals surface area contributed by atoms with Gasteiger partial charge < -0.3 is 10.0 Å². The maximum absolute atomic E-state index is 9.08. The molecule has 0 aliphatic rings. The van der Waals surface area contributed by atoms with E-state index >= 15 is 0 Å². The molecule has 3 nitrogen and oxygen atoms in total. The van der Waals surface area contributed by atoms with Gasteiger partial charge in [0.05, 0.1) is 5.52 Å². The monoisotopic (exact) mass is 201 g/mol. The second-order valence-corrected chi connectivity index (χ2v) is 3.47. The Hall–Kier alpha value is -1.39. The molecule has 0 amide bonds. The zero-order valence-corrected chi connectivity index (χ0v) is 8.51. The number of aryl methyl sites for hydroxylation is 1. The van der Waals surface area contributed by atoms with Crippen LogP contribution in [0.15, 0.2) is 30.5 Å². The quantitative estimate of drug-likeness (QED) is 0.694. The average Bonchev–Trinajstić information content (AvgIpc) is 2.27. The fourth-order valence-corrected chi connectivity index (χ4v) is 1.69. The highest BCUT2D eigenvalue weighted by atomic mass is 16.4. The van der Waals surface area contributed by atoms with Gasteiger partial charge in [0, 0.05) is 11.6 Å². The van der Waals surface area contributed by atoms with Crippen molar-refractivity contribution in [3.63, 3.8) is 0 Å². The molecule has 0 atom stereocenters. The largest absolute Gasteiger partial charge is 0.488 e. The standard InChI is InChI=1S/C11H12BNO2/c1-2-8-5-6-13-11-4-3-9(12(14)15)7-10(8)11/h3-7,14-15H,2H2,1H3. The molecule has 0 fully saturated rings. The van der Waals surface area contributed by atoms with Gasteiger partial charge in [-0.15, -0.1) is 0 Å². The molecule has 0 radical (unpaired) electrons. The maximum atomic E-state index is 9.08. The Kier molecular flexibility index (Phi) is 2.71. The van der Waals surface area contributed by atoms with E-state index in [1.165, 1.54) is 5.56 Å². The molecule has 0 aliphatic heterocycles. The van der Waals surface area contributed by atoms with Crippen molar-refractivity contribution in [2.45, 2.75) is 13.3 Å². The van der Waals surface area contributed by atoms with E-state index < -0.39 is 7.12 Å². The fraction of sp³-hybridized carbons (Fsp3) is 0.182. The van der Waals surface area contributed by atoms with E-state index in [-0.39, 0.29) is 0 Å². The molecule has 0 saturated carbocycles. The lowest BCUT2D eigenvalue weighted by molar-refractivity contribution is 0.426. The van der Waals surface area contributed by atoms with Crippen LogP contribution in [-0.4, -0.2) is 22.2 Å². The van der Waals surface area contributed by atoms with E-state index in [0.29, 0.717) is 5.46 Å². The molecule has 1 aromatic heterocycles. The minimum atomic E-state index is -1.42. The summed E-state index contributed by atoms with van der Waals surface area (Å²) in [5.74, 6) is 0. The summed E-state index contributed by atoms with van der Waals surface area (Å²) >= 11 is 0. The number of hydrogen-bond acceptors (Lipinski definition) is 3. The summed E-state index contributed by atoms with van der Waals surface area (Å²) in [4.78, 5) is 4.23. The van der Waals surface area contributed by atoms with Gasteiger partial charge in [0.2, 0.25) is 0 Å². The second kappa shape index (κ2) is 4.00. The van der Waals surface area contributed by atoms with E-state index in [0.717, 1.165) is 17.3 Å². The molecule has 4 heteroatoms. The lowest BCUT2D eigenvalue weighted by Crippen LogP contribution is -2.29. The summed E-state index contributed by atoms with van der Waals surface area (Å²) in [5.41, 5.74) is 2.56. The third-order valence-electron chi connectivity index (χ3n) is 2.53. The van der Waals surface area contributed by atoms with E-state index in [1.807, 2.05) is 12.1 Å². The molecule has 1 heterocycles.